The molecular formula is C23H30N6O2. The van der Waals surface area contributed by atoms with Crippen LogP contribution >= 0.6 is 0 Å². The van der Waals surface area contributed by atoms with E-state index in [2.05, 4.69) is 30.4 Å². The fraction of sp³-hybridized carbons (Fsp3) is 0.478. The van der Waals surface area contributed by atoms with Crippen molar-refractivity contribution in [1.29, 1.82) is 0 Å². The molecule has 0 radical (unpaired) electrons. The number of carbonyl (C=O) groups excluding carboxylic acids is 2. The third-order valence-electron chi connectivity index (χ3n) is 6.06. The molecule has 2 aliphatic rings. The van der Waals surface area contributed by atoms with Gasteiger partial charge >= 0.3 is 0 Å². The lowest BCUT2D eigenvalue weighted by Gasteiger charge is -2.34. The number of aromatic nitrogens is 2. The molecule has 0 aliphatic carbocycles. The van der Waals surface area contributed by atoms with Crippen molar-refractivity contribution in [2.75, 3.05) is 42.9 Å². The van der Waals surface area contributed by atoms with Gasteiger partial charge in [-0.25, -0.2) is 9.97 Å². The number of amides is 2. The van der Waals surface area contributed by atoms with Crippen LogP contribution in [-0.4, -0.2) is 65.4 Å². The maximum Gasteiger partial charge on any atom is 0.238 e. The van der Waals surface area contributed by atoms with E-state index in [0.29, 0.717) is 6.54 Å². The predicted molar refractivity (Wildman–Crippen MR) is 120 cm³/mol. The molecule has 1 aromatic carbocycles. The van der Waals surface area contributed by atoms with Gasteiger partial charge in [-0.1, -0.05) is 18.2 Å². The normalized spacial score (nSPS) is 18.5. The molecule has 1 aromatic heterocycles. The van der Waals surface area contributed by atoms with E-state index in [1.807, 2.05) is 36.4 Å². The predicted octanol–water partition coefficient (Wildman–Crippen LogP) is 1.91. The summed E-state index contributed by atoms with van der Waals surface area (Å²) >= 11 is 0. The first kappa shape index (κ1) is 21.2. The van der Waals surface area contributed by atoms with Gasteiger partial charge in [-0.15, -0.1) is 0 Å². The fourth-order valence-electron chi connectivity index (χ4n) is 4.28. The van der Waals surface area contributed by atoms with Crippen LogP contribution in [0, 0.1) is 5.92 Å². The molecule has 0 bridgehead atoms. The van der Waals surface area contributed by atoms with Crippen LogP contribution in [0.3, 0.4) is 0 Å². The van der Waals surface area contributed by atoms with Gasteiger partial charge in [0.15, 0.2) is 0 Å². The van der Waals surface area contributed by atoms with Crippen LogP contribution in [0.1, 0.15) is 25.7 Å². The molecule has 2 saturated heterocycles. The average molecular weight is 423 g/mol. The lowest BCUT2D eigenvalue weighted by Crippen LogP contribution is -2.49. The van der Waals surface area contributed by atoms with E-state index in [1.165, 1.54) is 0 Å². The number of carbonyl (C=O) groups is 2. The van der Waals surface area contributed by atoms with Crippen molar-refractivity contribution in [2.24, 2.45) is 5.92 Å². The summed E-state index contributed by atoms with van der Waals surface area (Å²) in [7, 11) is 0. The van der Waals surface area contributed by atoms with Crippen molar-refractivity contribution >= 4 is 23.5 Å². The summed E-state index contributed by atoms with van der Waals surface area (Å²) in [4.78, 5) is 37.9. The van der Waals surface area contributed by atoms with Crippen LogP contribution in [0.2, 0.25) is 0 Å². The molecule has 2 N–H and O–H groups in total. The zero-order chi connectivity index (χ0) is 21.5. The Morgan fingerprint density at radius 2 is 1.58 bits per heavy atom. The number of para-hydroxylation sites is 1. The van der Waals surface area contributed by atoms with E-state index < -0.39 is 0 Å². The number of anilines is 2. The summed E-state index contributed by atoms with van der Waals surface area (Å²) in [6, 6.07) is 11.5. The SMILES string of the molecule is O=C(CN1CCC(NC(=O)C2CCN(c3ncccn3)CC2)CC1)Nc1ccccc1. The average Bonchev–Trinajstić information content (AvgIpc) is 2.81. The van der Waals surface area contributed by atoms with Gasteiger partial charge in [0.25, 0.3) is 0 Å². The highest BCUT2D eigenvalue weighted by Crippen LogP contribution is 2.21. The van der Waals surface area contributed by atoms with Gasteiger partial charge in [0.05, 0.1) is 6.54 Å². The van der Waals surface area contributed by atoms with E-state index in [9.17, 15) is 9.59 Å². The minimum absolute atomic E-state index is 0.00263. The first-order valence-corrected chi connectivity index (χ1v) is 11.1. The molecule has 8 heteroatoms. The molecule has 8 nitrogen and oxygen atoms in total. The Bertz CT molecular complexity index is 847. The second kappa shape index (κ2) is 10.3. The van der Waals surface area contributed by atoms with Crippen molar-refractivity contribution < 1.29 is 9.59 Å². The topological polar surface area (TPSA) is 90.5 Å². The zero-order valence-corrected chi connectivity index (χ0v) is 17.7. The smallest absolute Gasteiger partial charge is 0.238 e. The Kier molecular flexibility index (Phi) is 7.09. The molecule has 0 unspecified atom stereocenters. The summed E-state index contributed by atoms with van der Waals surface area (Å²) in [6.45, 7) is 3.62. The van der Waals surface area contributed by atoms with Gasteiger partial charge in [0.2, 0.25) is 17.8 Å². The fourth-order valence-corrected chi connectivity index (χ4v) is 4.28. The molecule has 31 heavy (non-hydrogen) atoms. The van der Waals surface area contributed by atoms with E-state index in [0.717, 1.165) is 63.5 Å². The number of rotatable bonds is 6. The van der Waals surface area contributed by atoms with Gasteiger partial charge in [-0.2, -0.15) is 0 Å². The van der Waals surface area contributed by atoms with Gasteiger partial charge in [-0.3, -0.25) is 14.5 Å². The van der Waals surface area contributed by atoms with Crippen molar-refractivity contribution in [2.45, 2.75) is 31.7 Å². The molecule has 2 amide bonds. The van der Waals surface area contributed by atoms with E-state index in [1.54, 1.807) is 12.4 Å². The number of likely N-dealkylation sites (tertiary alicyclic amines) is 1. The Morgan fingerprint density at radius 1 is 0.903 bits per heavy atom. The molecule has 2 aliphatic heterocycles. The molecule has 164 valence electrons. The van der Waals surface area contributed by atoms with Crippen LogP contribution in [0.25, 0.3) is 0 Å². The molecule has 0 saturated carbocycles. The largest absolute Gasteiger partial charge is 0.353 e. The van der Waals surface area contributed by atoms with Crippen LogP contribution in [0.15, 0.2) is 48.8 Å². The summed E-state index contributed by atoms with van der Waals surface area (Å²) in [6.07, 6.45) is 6.89. The van der Waals surface area contributed by atoms with Crippen LogP contribution in [-0.2, 0) is 9.59 Å². The third-order valence-corrected chi connectivity index (χ3v) is 6.06. The van der Waals surface area contributed by atoms with Gasteiger partial charge in [0.1, 0.15) is 0 Å². The van der Waals surface area contributed by atoms with Gasteiger partial charge < -0.3 is 15.5 Å². The number of nitrogens with zero attached hydrogens (tertiary/aromatic N) is 4. The second-order valence-electron chi connectivity index (χ2n) is 8.28. The van der Waals surface area contributed by atoms with Gasteiger partial charge in [0, 0.05) is 56.2 Å². The Labute approximate surface area is 183 Å². The highest BCUT2D eigenvalue weighted by Gasteiger charge is 2.29. The first-order chi connectivity index (χ1) is 15.2. The highest BCUT2D eigenvalue weighted by molar-refractivity contribution is 5.92. The maximum absolute atomic E-state index is 12.7. The minimum Gasteiger partial charge on any atom is -0.353 e. The standard InChI is InChI=1S/C23H30N6O2/c30-21(26-19-5-2-1-3-6-19)17-28-13-9-20(10-14-28)27-22(31)18-7-15-29(16-8-18)23-24-11-4-12-25-23/h1-6,11-12,18,20H,7-10,13-17H2,(H,26,30)(H,27,31). The van der Waals surface area contributed by atoms with Gasteiger partial charge in [-0.05, 0) is 43.9 Å². The molecule has 2 fully saturated rings. The summed E-state index contributed by atoms with van der Waals surface area (Å²) in [5.74, 6) is 0.955. The summed E-state index contributed by atoms with van der Waals surface area (Å²) in [5, 5.41) is 6.17. The number of nitrogens with one attached hydrogen (secondary N) is 2. The molecule has 4 rings (SSSR count). The Hall–Kier alpha value is -3.00. The molecule has 2 aromatic rings. The molecule has 3 heterocycles. The number of hydrogen-bond acceptors (Lipinski definition) is 6. The monoisotopic (exact) mass is 422 g/mol. The van der Waals surface area contributed by atoms with Crippen LogP contribution < -0.4 is 15.5 Å². The molecule has 0 atom stereocenters. The quantitative estimate of drug-likeness (QED) is 0.739. The van der Waals surface area contributed by atoms with E-state index >= 15 is 0 Å². The molecule has 0 spiro atoms. The lowest BCUT2D eigenvalue weighted by molar-refractivity contribution is -0.127. The van der Waals surface area contributed by atoms with Crippen LogP contribution in [0.4, 0.5) is 11.6 Å². The van der Waals surface area contributed by atoms with E-state index in [-0.39, 0.29) is 23.8 Å². The minimum atomic E-state index is 0.00263. The maximum atomic E-state index is 12.7. The number of benzene rings is 1. The highest BCUT2D eigenvalue weighted by atomic mass is 16.2. The second-order valence-corrected chi connectivity index (χ2v) is 8.28. The van der Waals surface area contributed by atoms with E-state index in [4.69, 9.17) is 0 Å². The Morgan fingerprint density at radius 3 is 2.26 bits per heavy atom. The Balaban J connectivity index is 1.15. The van der Waals surface area contributed by atoms with Crippen molar-refractivity contribution in [3.05, 3.63) is 48.8 Å². The number of hydrogen-bond donors (Lipinski definition) is 2. The lowest BCUT2D eigenvalue weighted by atomic mass is 9.95. The summed E-state index contributed by atoms with van der Waals surface area (Å²) < 4.78 is 0. The third kappa shape index (κ3) is 6.01. The van der Waals surface area contributed by atoms with Crippen molar-refractivity contribution in [3.8, 4) is 0 Å². The number of piperidine rings is 2. The molecular weight excluding hydrogens is 392 g/mol. The van der Waals surface area contributed by atoms with Crippen LogP contribution in [0.5, 0.6) is 0 Å². The first-order valence-electron chi connectivity index (χ1n) is 11.1. The zero-order valence-electron chi connectivity index (χ0n) is 17.7. The summed E-state index contributed by atoms with van der Waals surface area (Å²) in [5.41, 5.74) is 0.819. The van der Waals surface area contributed by atoms with Crippen molar-refractivity contribution in [3.63, 3.8) is 0 Å². The van der Waals surface area contributed by atoms with Crippen molar-refractivity contribution in [1.82, 2.24) is 20.2 Å².